The summed E-state index contributed by atoms with van der Waals surface area (Å²) in [6, 6.07) is 25.2. The van der Waals surface area contributed by atoms with Gasteiger partial charge in [0.2, 0.25) is 0 Å². The van der Waals surface area contributed by atoms with E-state index in [2.05, 4.69) is 12.1 Å². The van der Waals surface area contributed by atoms with E-state index in [1.165, 1.54) is 11.1 Å². The minimum absolute atomic E-state index is 0.186. The Morgan fingerprint density at radius 1 is 0.600 bits per heavy atom. The van der Waals surface area contributed by atoms with Gasteiger partial charge < -0.3 is 0 Å². The number of ketones is 2. The van der Waals surface area contributed by atoms with E-state index in [0.717, 1.165) is 12.0 Å². The average molecular weight is 324 g/mol. The van der Waals surface area contributed by atoms with E-state index in [-0.39, 0.29) is 17.1 Å². The third-order valence-electron chi connectivity index (χ3n) is 4.45. The molecule has 0 aliphatic heterocycles. The largest absolute Gasteiger partial charge is 0.288 e. The first-order chi connectivity index (χ1) is 12.2. The maximum atomic E-state index is 12.4. The van der Waals surface area contributed by atoms with E-state index in [0.29, 0.717) is 11.1 Å². The highest BCUT2D eigenvalue weighted by molar-refractivity contribution is 6.41. The van der Waals surface area contributed by atoms with Gasteiger partial charge in [0.15, 0.2) is 11.6 Å². The summed E-state index contributed by atoms with van der Waals surface area (Å²) in [5, 5.41) is 0. The maximum Gasteiger partial charge on any atom is 0.197 e. The molecule has 0 unspecified atom stereocenters. The maximum absolute atomic E-state index is 12.4. The Morgan fingerprint density at radius 3 is 1.72 bits per heavy atom. The van der Waals surface area contributed by atoms with Crippen molar-refractivity contribution in [1.29, 1.82) is 0 Å². The van der Waals surface area contributed by atoms with E-state index in [1.54, 1.807) is 30.3 Å². The molecule has 25 heavy (non-hydrogen) atoms. The van der Waals surface area contributed by atoms with Crippen LogP contribution in [0.1, 0.15) is 37.4 Å². The lowest BCUT2D eigenvalue weighted by Gasteiger charge is -2.03. The van der Waals surface area contributed by atoms with Gasteiger partial charge in [-0.15, -0.1) is 0 Å². The molecule has 0 N–H and O–H groups in total. The van der Waals surface area contributed by atoms with Gasteiger partial charge in [-0.2, -0.15) is 0 Å². The van der Waals surface area contributed by atoms with Crippen LogP contribution in [0.5, 0.6) is 0 Å². The van der Waals surface area contributed by atoms with Crippen molar-refractivity contribution in [2.75, 3.05) is 0 Å². The molecule has 3 aromatic rings. The number of hydrogen-bond donors (Lipinski definition) is 0. The molecule has 0 spiro atoms. The molecule has 0 atom stereocenters. The summed E-state index contributed by atoms with van der Waals surface area (Å²) in [6.45, 7) is 0. The number of carbonyl (C=O) groups excluding carboxylic acids is 2. The predicted octanol–water partition coefficient (Wildman–Crippen LogP) is 4.74. The zero-order chi connectivity index (χ0) is 17.2. The SMILES string of the molecule is O=C1C(=Cc2ccc(Cc3ccccc3)cc2)C(=O)c2ccccc21. The topological polar surface area (TPSA) is 34.1 Å². The van der Waals surface area contributed by atoms with Crippen molar-refractivity contribution in [1.82, 2.24) is 0 Å². The second-order valence-electron chi connectivity index (χ2n) is 6.17. The Balaban J connectivity index is 1.58. The number of rotatable bonds is 3. The molecule has 0 heterocycles. The lowest BCUT2D eigenvalue weighted by molar-refractivity contribution is 0.0990. The molecule has 1 aliphatic rings. The summed E-state index contributed by atoms with van der Waals surface area (Å²) in [5.74, 6) is -0.372. The molecule has 0 fully saturated rings. The van der Waals surface area contributed by atoms with Crippen molar-refractivity contribution in [2.24, 2.45) is 0 Å². The van der Waals surface area contributed by atoms with Crippen molar-refractivity contribution < 1.29 is 9.59 Å². The third-order valence-corrected chi connectivity index (χ3v) is 4.45. The molecule has 4 rings (SSSR count). The number of allylic oxidation sites excluding steroid dienone is 1. The fourth-order valence-corrected chi connectivity index (χ4v) is 3.13. The van der Waals surface area contributed by atoms with E-state index in [9.17, 15) is 9.59 Å². The summed E-state index contributed by atoms with van der Waals surface area (Å²) in [6.07, 6.45) is 2.55. The first kappa shape index (κ1) is 15.3. The molecule has 2 heteroatoms. The van der Waals surface area contributed by atoms with E-state index in [4.69, 9.17) is 0 Å². The van der Waals surface area contributed by atoms with Crippen molar-refractivity contribution in [3.8, 4) is 0 Å². The second-order valence-corrected chi connectivity index (χ2v) is 6.17. The van der Waals surface area contributed by atoms with Crippen LogP contribution in [-0.4, -0.2) is 11.6 Å². The van der Waals surface area contributed by atoms with Crippen molar-refractivity contribution in [3.63, 3.8) is 0 Å². The number of benzene rings is 3. The number of hydrogen-bond acceptors (Lipinski definition) is 2. The summed E-state index contributed by atoms with van der Waals surface area (Å²) in [4.78, 5) is 24.9. The average Bonchev–Trinajstić information content (AvgIpc) is 2.89. The lowest BCUT2D eigenvalue weighted by atomic mass is 10.0. The first-order valence-electron chi connectivity index (χ1n) is 8.25. The van der Waals surface area contributed by atoms with Crippen LogP contribution in [-0.2, 0) is 6.42 Å². The quantitative estimate of drug-likeness (QED) is 0.515. The number of Topliss-reactive ketones (excluding diaryl/α,β-unsaturated/α-hetero) is 2. The highest BCUT2D eigenvalue weighted by Crippen LogP contribution is 2.27. The Kier molecular flexibility index (Phi) is 3.87. The lowest BCUT2D eigenvalue weighted by Crippen LogP contribution is -2.00. The van der Waals surface area contributed by atoms with Crippen molar-refractivity contribution in [3.05, 3.63) is 112 Å². The van der Waals surface area contributed by atoms with Gasteiger partial charge in [-0.05, 0) is 29.2 Å². The molecule has 0 radical (unpaired) electrons. The highest BCUT2D eigenvalue weighted by atomic mass is 16.2. The zero-order valence-corrected chi connectivity index (χ0v) is 13.6. The second kappa shape index (κ2) is 6.33. The Labute approximate surface area is 146 Å². The van der Waals surface area contributed by atoms with Crippen molar-refractivity contribution in [2.45, 2.75) is 6.42 Å². The minimum atomic E-state index is -0.186. The van der Waals surface area contributed by atoms with Crippen LogP contribution in [0.3, 0.4) is 0 Å². The molecule has 1 aliphatic carbocycles. The molecule has 2 nitrogen and oxygen atoms in total. The minimum Gasteiger partial charge on any atom is -0.288 e. The molecule has 0 saturated heterocycles. The molecule has 0 aromatic heterocycles. The molecule has 120 valence electrons. The predicted molar refractivity (Wildman–Crippen MR) is 98.8 cm³/mol. The Bertz CT molecular complexity index is 943. The van der Waals surface area contributed by atoms with Crippen LogP contribution in [0.25, 0.3) is 6.08 Å². The van der Waals surface area contributed by atoms with E-state index in [1.807, 2.05) is 42.5 Å². The standard InChI is InChI=1S/C23H16O2/c24-22-19-8-4-5-9-20(19)23(25)21(22)15-18-12-10-17(11-13-18)14-16-6-2-1-3-7-16/h1-13,15H,14H2. The zero-order valence-electron chi connectivity index (χ0n) is 13.6. The summed E-state index contributed by atoms with van der Waals surface area (Å²) in [5.41, 5.74) is 4.56. The molecule has 3 aromatic carbocycles. The first-order valence-corrected chi connectivity index (χ1v) is 8.25. The molecule has 0 amide bonds. The summed E-state index contributed by atoms with van der Waals surface area (Å²) < 4.78 is 0. The van der Waals surface area contributed by atoms with Crippen LogP contribution in [0.4, 0.5) is 0 Å². The van der Waals surface area contributed by atoms with Crippen molar-refractivity contribution >= 4 is 17.6 Å². The van der Waals surface area contributed by atoms with E-state index < -0.39 is 0 Å². The van der Waals surface area contributed by atoms with Gasteiger partial charge in [-0.3, -0.25) is 9.59 Å². The monoisotopic (exact) mass is 324 g/mol. The van der Waals surface area contributed by atoms with Crippen LogP contribution in [0.15, 0.2) is 84.4 Å². The van der Waals surface area contributed by atoms with E-state index >= 15 is 0 Å². The molecular weight excluding hydrogens is 308 g/mol. The molecule has 0 bridgehead atoms. The smallest absolute Gasteiger partial charge is 0.197 e. The summed E-state index contributed by atoms with van der Waals surface area (Å²) >= 11 is 0. The van der Waals surface area contributed by atoms with Gasteiger partial charge in [0.25, 0.3) is 0 Å². The van der Waals surface area contributed by atoms with Gasteiger partial charge in [0.1, 0.15) is 0 Å². The van der Waals surface area contributed by atoms with Gasteiger partial charge >= 0.3 is 0 Å². The highest BCUT2D eigenvalue weighted by Gasteiger charge is 2.32. The fourth-order valence-electron chi connectivity index (χ4n) is 3.13. The van der Waals surface area contributed by atoms with Gasteiger partial charge in [-0.25, -0.2) is 0 Å². The number of carbonyl (C=O) groups is 2. The Morgan fingerprint density at radius 2 is 1.12 bits per heavy atom. The molecular formula is C23H16O2. The number of fused-ring (bicyclic) bond motifs is 1. The fraction of sp³-hybridized carbons (Fsp3) is 0.0435. The normalized spacial score (nSPS) is 13.0. The van der Waals surface area contributed by atoms with Gasteiger partial charge in [0.05, 0.1) is 5.57 Å². The third kappa shape index (κ3) is 2.94. The van der Waals surface area contributed by atoms with Crippen LogP contribution < -0.4 is 0 Å². The van der Waals surface area contributed by atoms with Crippen LogP contribution >= 0.6 is 0 Å². The summed E-state index contributed by atoms with van der Waals surface area (Å²) in [7, 11) is 0. The Hall–Kier alpha value is -3.26. The van der Waals surface area contributed by atoms with Gasteiger partial charge in [0, 0.05) is 11.1 Å². The van der Waals surface area contributed by atoms with Gasteiger partial charge in [-0.1, -0.05) is 78.9 Å². The molecule has 0 saturated carbocycles. The van der Waals surface area contributed by atoms with Crippen LogP contribution in [0.2, 0.25) is 0 Å². The van der Waals surface area contributed by atoms with Crippen LogP contribution in [0, 0.1) is 0 Å².